The van der Waals surface area contributed by atoms with Gasteiger partial charge in [-0.25, -0.2) is 0 Å². The monoisotopic (exact) mass is 261 g/mol. The van der Waals surface area contributed by atoms with Crippen molar-refractivity contribution in [1.82, 2.24) is 9.78 Å². The highest BCUT2D eigenvalue weighted by Crippen LogP contribution is 2.32. The Morgan fingerprint density at radius 3 is 2.63 bits per heavy atom. The molecule has 0 aliphatic rings. The third-order valence-corrected chi connectivity index (χ3v) is 2.53. The van der Waals surface area contributed by atoms with E-state index in [1.165, 1.54) is 6.07 Å². The fraction of sp³-hybridized carbons (Fsp3) is 0.308. The van der Waals surface area contributed by atoms with E-state index in [4.69, 9.17) is 4.74 Å². The second-order valence-electron chi connectivity index (χ2n) is 4.48. The molecule has 0 unspecified atom stereocenters. The second kappa shape index (κ2) is 5.09. The molecule has 1 aromatic heterocycles. The van der Waals surface area contributed by atoms with E-state index in [-0.39, 0.29) is 17.5 Å². The van der Waals surface area contributed by atoms with Crippen molar-refractivity contribution in [2.24, 2.45) is 7.05 Å². The van der Waals surface area contributed by atoms with Crippen LogP contribution in [0, 0.1) is 10.1 Å². The van der Waals surface area contributed by atoms with E-state index in [1.807, 2.05) is 33.2 Å². The molecule has 0 fully saturated rings. The molecule has 0 spiro atoms. The van der Waals surface area contributed by atoms with E-state index >= 15 is 0 Å². The summed E-state index contributed by atoms with van der Waals surface area (Å²) in [6.07, 6.45) is 1.69. The first-order valence-corrected chi connectivity index (χ1v) is 5.92. The summed E-state index contributed by atoms with van der Waals surface area (Å²) in [7, 11) is 1.82. The van der Waals surface area contributed by atoms with Gasteiger partial charge in [0.15, 0.2) is 5.75 Å². The van der Waals surface area contributed by atoms with Crippen molar-refractivity contribution in [3.05, 3.63) is 40.6 Å². The van der Waals surface area contributed by atoms with Gasteiger partial charge >= 0.3 is 5.69 Å². The van der Waals surface area contributed by atoms with Crippen LogP contribution in [0.3, 0.4) is 0 Å². The summed E-state index contributed by atoms with van der Waals surface area (Å²) in [5, 5.41) is 15.2. The average molecular weight is 261 g/mol. The van der Waals surface area contributed by atoms with Crippen LogP contribution in [0.2, 0.25) is 0 Å². The number of hydrogen-bond donors (Lipinski definition) is 0. The molecule has 0 aliphatic carbocycles. The molecular formula is C13H15N3O3. The smallest absolute Gasteiger partial charge is 0.310 e. The van der Waals surface area contributed by atoms with Gasteiger partial charge in [-0.15, -0.1) is 0 Å². The Morgan fingerprint density at radius 1 is 1.37 bits per heavy atom. The largest absolute Gasteiger partial charge is 0.484 e. The maximum Gasteiger partial charge on any atom is 0.310 e. The molecule has 2 aromatic rings. The highest BCUT2D eigenvalue weighted by molar-refractivity contribution is 5.65. The van der Waals surface area contributed by atoms with Crippen LogP contribution >= 0.6 is 0 Å². The molecule has 6 nitrogen and oxygen atoms in total. The number of aryl methyl sites for hydroxylation is 1. The van der Waals surface area contributed by atoms with Gasteiger partial charge in [-0.05, 0) is 32.0 Å². The molecule has 0 aliphatic heterocycles. The second-order valence-corrected chi connectivity index (χ2v) is 4.48. The highest BCUT2D eigenvalue weighted by Gasteiger charge is 2.17. The molecule has 0 bridgehead atoms. The van der Waals surface area contributed by atoms with Crippen molar-refractivity contribution in [3.8, 4) is 17.0 Å². The first kappa shape index (κ1) is 13.1. The normalized spacial score (nSPS) is 10.7. The van der Waals surface area contributed by atoms with Crippen LogP contribution in [0.5, 0.6) is 5.75 Å². The van der Waals surface area contributed by atoms with E-state index in [2.05, 4.69) is 5.10 Å². The fourth-order valence-corrected chi connectivity index (χ4v) is 1.74. The first-order valence-electron chi connectivity index (χ1n) is 5.92. The van der Waals surface area contributed by atoms with E-state index in [9.17, 15) is 10.1 Å². The van der Waals surface area contributed by atoms with Gasteiger partial charge in [0, 0.05) is 24.9 Å². The van der Waals surface area contributed by atoms with Gasteiger partial charge in [0.1, 0.15) is 0 Å². The maximum absolute atomic E-state index is 11.0. The minimum Gasteiger partial charge on any atom is -0.484 e. The Morgan fingerprint density at radius 2 is 2.11 bits per heavy atom. The molecule has 0 radical (unpaired) electrons. The molecule has 19 heavy (non-hydrogen) atoms. The van der Waals surface area contributed by atoms with E-state index in [0.717, 1.165) is 11.3 Å². The molecule has 1 heterocycles. The van der Waals surface area contributed by atoms with Gasteiger partial charge in [0.05, 0.1) is 16.7 Å². The van der Waals surface area contributed by atoms with Crippen molar-refractivity contribution >= 4 is 5.69 Å². The predicted octanol–water partition coefficient (Wildman–Crippen LogP) is 2.78. The lowest BCUT2D eigenvalue weighted by atomic mass is 10.1. The molecular weight excluding hydrogens is 246 g/mol. The van der Waals surface area contributed by atoms with Crippen molar-refractivity contribution < 1.29 is 9.66 Å². The summed E-state index contributed by atoms with van der Waals surface area (Å²) < 4.78 is 7.18. The predicted molar refractivity (Wildman–Crippen MR) is 71.1 cm³/mol. The number of nitro groups is 1. The zero-order valence-corrected chi connectivity index (χ0v) is 11.0. The summed E-state index contributed by atoms with van der Waals surface area (Å²) >= 11 is 0. The Labute approximate surface area is 110 Å². The molecule has 0 atom stereocenters. The van der Waals surface area contributed by atoms with Gasteiger partial charge < -0.3 is 4.74 Å². The first-order chi connectivity index (χ1) is 8.97. The fourth-order valence-electron chi connectivity index (χ4n) is 1.74. The Kier molecular flexibility index (Phi) is 3.50. The quantitative estimate of drug-likeness (QED) is 0.626. The number of hydrogen-bond acceptors (Lipinski definition) is 4. The lowest BCUT2D eigenvalue weighted by molar-refractivity contribution is -0.386. The summed E-state index contributed by atoms with van der Waals surface area (Å²) in [6, 6.07) is 6.62. The highest BCUT2D eigenvalue weighted by atomic mass is 16.6. The van der Waals surface area contributed by atoms with Crippen molar-refractivity contribution in [1.29, 1.82) is 0 Å². The lowest BCUT2D eigenvalue weighted by Crippen LogP contribution is -2.07. The number of nitrogens with zero attached hydrogens (tertiary/aromatic N) is 3. The van der Waals surface area contributed by atoms with Gasteiger partial charge in [0.2, 0.25) is 0 Å². The standard InChI is InChI=1S/C13H15N3O3/c1-9(2)19-13-8-10(4-5-12(13)16(17)18)11-6-7-15(3)14-11/h4-9H,1-3H3. The molecule has 6 heteroatoms. The van der Waals surface area contributed by atoms with E-state index in [1.54, 1.807) is 16.8 Å². The molecule has 0 amide bonds. The van der Waals surface area contributed by atoms with Gasteiger partial charge in [-0.1, -0.05) is 0 Å². The number of ether oxygens (including phenoxy) is 1. The zero-order chi connectivity index (χ0) is 14.0. The molecule has 100 valence electrons. The number of benzene rings is 1. The summed E-state index contributed by atoms with van der Waals surface area (Å²) in [4.78, 5) is 10.5. The summed E-state index contributed by atoms with van der Waals surface area (Å²) in [5.41, 5.74) is 1.52. The van der Waals surface area contributed by atoms with Gasteiger partial charge in [-0.2, -0.15) is 5.10 Å². The Bertz CT molecular complexity index is 605. The van der Waals surface area contributed by atoms with Crippen LogP contribution in [0.15, 0.2) is 30.5 Å². The van der Waals surface area contributed by atoms with Crippen molar-refractivity contribution in [2.75, 3.05) is 0 Å². The average Bonchev–Trinajstić information content (AvgIpc) is 2.74. The lowest BCUT2D eigenvalue weighted by Gasteiger charge is -2.10. The van der Waals surface area contributed by atoms with Gasteiger partial charge in [0.25, 0.3) is 0 Å². The van der Waals surface area contributed by atoms with Crippen LogP contribution < -0.4 is 4.74 Å². The Hall–Kier alpha value is -2.37. The molecule has 0 saturated heterocycles. The molecule has 0 N–H and O–H groups in total. The summed E-state index contributed by atoms with van der Waals surface area (Å²) in [5.74, 6) is 0.267. The number of aromatic nitrogens is 2. The minimum atomic E-state index is -0.445. The van der Waals surface area contributed by atoms with E-state index in [0.29, 0.717) is 0 Å². The van der Waals surface area contributed by atoms with Crippen LogP contribution in [0.25, 0.3) is 11.3 Å². The third kappa shape index (κ3) is 2.90. The number of nitro benzene ring substituents is 1. The van der Waals surface area contributed by atoms with Crippen LogP contribution in [0.1, 0.15) is 13.8 Å². The van der Waals surface area contributed by atoms with Crippen LogP contribution in [0.4, 0.5) is 5.69 Å². The van der Waals surface area contributed by atoms with Gasteiger partial charge in [-0.3, -0.25) is 14.8 Å². The molecule has 0 saturated carbocycles. The minimum absolute atomic E-state index is 0.0339. The number of rotatable bonds is 4. The van der Waals surface area contributed by atoms with Crippen LogP contribution in [-0.2, 0) is 7.05 Å². The molecule has 1 aromatic carbocycles. The molecule has 2 rings (SSSR count). The van der Waals surface area contributed by atoms with Crippen molar-refractivity contribution in [2.45, 2.75) is 20.0 Å². The SMILES string of the molecule is CC(C)Oc1cc(-c2ccn(C)n2)ccc1[N+](=O)[O-]. The maximum atomic E-state index is 11.0. The Balaban J connectivity index is 2.45. The third-order valence-electron chi connectivity index (χ3n) is 2.53. The van der Waals surface area contributed by atoms with Crippen molar-refractivity contribution in [3.63, 3.8) is 0 Å². The topological polar surface area (TPSA) is 70.2 Å². The summed E-state index contributed by atoms with van der Waals surface area (Å²) in [6.45, 7) is 3.66. The van der Waals surface area contributed by atoms with E-state index < -0.39 is 4.92 Å². The zero-order valence-electron chi connectivity index (χ0n) is 11.0. The van der Waals surface area contributed by atoms with Crippen LogP contribution in [-0.4, -0.2) is 20.8 Å².